The van der Waals surface area contributed by atoms with Gasteiger partial charge in [0, 0.05) is 31.0 Å². The number of nitrogen functional groups attached to an aromatic ring is 1. The van der Waals surface area contributed by atoms with Crippen molar-refractivity contribution in [3.8, 4) is 6.07 Å². The van der Waals surface area contributed by atoms with Gasteiger partial charge in [0.1, 0.15) is 11.9 Å². The summed E-state index contributed by atoms with van der Waals surface area (Å²) in [7, 11) is 0. The summed E-state index contributed by atoms with van der Waals surface area (Å²) in [5, 5.41) is 12.0. The van der Waals surface area contributed by atoms with Crippen molar-refractivity contribution in [3.05, 3.63) is 42.0 Å². The lowest BCUT2D eigenvalue weighted by atomic mass is 10.2. The molecule has 17 heavy (non-hydrogen) atoms. The zero-order valence-corrected chi connectivity index (χ0v) is 9.27. The molecule has 0 aliphatic rings. The summed E-state index contributed by atoms with van der Waals surface area (Å²) < 4.78 is 0. The van der Waals surface area contributed by atoms with E-state index in [2.05, 4.69) is 15.3 Å². The second-order valence-electron chi connectivity index (χ2n) is 3.63. The molecule has 0 fully saturated rings. The number of nitrogens with zero attached hydrogens (tertiary/aromatic N) is 2. The van der Waals surface area contributed by atoms with Crippen molar-refractivity contribution in [2.24, 2.45) is 0 Å². The Labute approximate surface area is 99.3 Å². The van der Waals surface area contributed by atoms with Gasteiger partial charge in [-0.1, -0.05) is 0 Å². The summed E-state index contributed by atoms with van der Waals surface area (Å²) in [6.07, 6.45) is 4.34. The number of benzene rings is 1. The van der Waals surface area contributed by atoms with Crippen LogP contribution in [-0.2, 0) is 6.42 Å². The minimum absolute atomic E-state index is 0.496. The third-order valence-electron chi connectivity index (χ3n) is 2.42. The van der Waals surface area contributed by atoms with Crippen molar-refractivity contribution in [3.63, 3.8) is 0 Å². The van der Waals surface area contributed by atoms with Gasteiger partial charge in [-0.2, -0.15) is 5.26 Å². The van der Waals surface area contributed by atoms with Crippen LogP contribution in [0, 0.1) is 11.3 Å². The summed E-state index contributed by atoms with van der Waals surface area (Å²) >= 11 is 0. The largest absolute Gasteiger partial charge is 0.398 e. The second kappa shape index (κ2) is 5.03. The first-order valence-corrected chi connectivity index (χ1v) is 5.31. The van der Waals surface area contributed by atoms with E-state index in [1.165, 1.54) is 0 Å². The molecule has 1 aromatic heterocycles. The Balaban J connectivity index is 1.91. The Kier molecular flexibility index (Phi) is 3.26. The normalized spacial score (nSPS) is 9.82. The summed E-state index contributed by atoms with van der Waals surface area (Å²) in [6.45, 7) is 0.763. The molecule has 0 saturated carbocycles. The van der Waals surface area contributed by atoms with Crippen LogP contribution in [0.15, 0.2) is 30.6 Å². The molecule has 86 valence electrons. The number of aromatic amines is 1. The lowest BCUT2D eigenvalue weighted by Gasteiger charge is -2.06. The zero-order chi connectivity index (χ0) is 12.1. The number of hydrogen-bond donors (Lipinski definition) is 3. The minimum Gasteiger partial charge on any atom is -0.398 e. The van der Waals surface area contributed by atoms with Crippen LogP contribution in [0.25, 0.3) is 0 Å². The van der Waals surface area contributed by atoms with Gasteiger partial charge >= 0.3 is 0 Å². The fraction of sp³-hybridized carbons (Fsp3) is 0.167. The van der Waals surface area contributed by atoms with Crippen LogP contribution >= 0.6 is 0 Å². The lowest BCUT2D eigenvalue weighted by Crippen LogP contribution is -2.06. The highest BCUT2D eigenvalue weighted by Crippen LogP contribution is 2.16. The van der Waals surface area contributed by atoms with Crippen LogP contribution < -0.4 is 11.1 Å². The Morgan fingerprint density at radius 2 is 2.35 bits per heavy atom. The number of aromatic nitrogens is 2. The summed E-state index contributed by atoms with van der Waals surface area (Å²) in [5.41, 5.74) is 7.62. The third kappa shape index (κ3) is 2.75. The fourth-order valence-corrected chi connectivity index (χ4v) is 1.53. The van der Waals surface area contributed by atoms with E-state index in [1.807, 2.05) is 12.1 Å². The molecule has 5 nitrogen and oxygen atoms in total. The van der Waals surface area contributed by atoms with Crippen LogP contribution in [0.1, 0.15) is 11.4 Å². The molecule has 0 aliphatic carbocycles. The number of nitrogens with two attached hydrogens (primary N) is 1. The number of hydrogen-bond acceptors (Lipinski definition) is 4. The van der Waals surface area contributed by atoms with Crippen LogP contribution in [-0.4, -0.2) is 16.5 Å². The number of nitrogens with one attached hydrogen (secondary N) is 2. The fourth-order valence-electron chi connectivity index (χ4n) is 1.53. The summed E-state index contributed by atoms with van der Waals surface area (Å²) in [6, 6.07) is 7.35. The first-order chi connectivity index (χ1) is 8.29. The van der Waals surface area contributed by atoms with Gasteiger partial charge in [-0.25, -0.2) is 4.98 Å². The lowest BCUT2D eigenvalue weighted by molar-refractivity contribution is 0.927. The standard InChI is InChI=1S/C12H13N5/c13-8-9-1-2-10(7-11(9)14)15-4-3-12-16-5-6-17-12/h1-2,5-7,15H,3-4,14H2,(H,16,17). The van der Waals surface area contributed by atoms with E-state index in [0.717, 1.165) is 24.5 Å². The molecule has 0 bridgehead atoms. The molecule has 2 rings (SSSR count). The van der Waals surface area contributed by atoms with Crippen LogP contribution in [0.2, 0.25) is 0 Å². The van der Waals surface area contributed by atoms with Gasteiger partial charge in [0.15, 0.2) is 0 Å². The van der Waals surface area contributed by atoms with Crippen molar-refractivity contribution >= 4 is 11.4 Å². The Morgan fingerprint density at radius 3 is 3.00 bits per heavy atom. The Bertz CT molecular complexity index is 524. The molecule has 0 aliphatic heterocycles. The first kappa shape index (κ1) is 11.0. The first-order valence-electron chi connectivity index (χ1n) is 5.31. The Hall–Kier alpha value is -2.48. The molecule has 0 radical (unpaired) electrons. The van der Waals surface area contributed by atoms with Crippen molar-refractivity contribution in [1.29, 1.82) is 5.26 Å². The molecule has 0 atom stereocenters. The van der Waals surface area contributed by atoms with Gasteiger partial charge in [0.25, 0.3) is 0 Å². The molecule has 4 N–H and O–H groups in total. The van der Waals surface area contributed by atoms with Gasteiger partial charge in [0.2, 0.25) is 0 Å². The Morgan fingerprint density at radius 1 is 1.47 bits per heavy atom. The molecule has 0 unspecified atom stereocenters. The van der Waals surface area contributed by atoms with Gasteiger partial charge < -0.3 is 16.0 Å². The molecule has 5 heteroatoms. The maximum Gasteiger partial charge on any atom is 0.107 e. The van der Waals surface area contributed by atoms with Crippen LogP contribution in [0.5, 0.6) is 0 Å². The van der Waals surface area contributed by atoms with E-state index in [-0.39, 0.29) is 0 Å². The number of anilines is 2. The van der Waals surface area contributed by atoms with Crippen molar-refractivity contribution in [2.45, 2.75) is 6.42 Å². The highest BCUT2D eigenvalue weighted by Gasteiger charge is 2.00. The van der Waals surface area contributed by atoms with Crippen LogP contribution in [0.3, 0.4) is 0 Å². The third-order valence-corrected chi connectivity index (χ3v) is 2.42. The molecular formula is C12H13N5. The molecule has 0 saturated heterocycles. The van der Waals surface area contributed by atoms with E-state index < -0.39 is 0 Å². The summed E-state index contributed by atoms with van der Waals surface area (Å²) in [4.78, 5) is 7.16. The predicted molar refractivity (Wildman–Crippen MR) is 66.4 cm³/mol. The average molecular weight is 227 g/mol. The number of H-pyrrole nitrogens is 1. The van der Waals surface area contributed by atoms with Crippen molar-refractivity contribution in [2.75, 3.05) is 17.6 Å². The second-order valence-corrected chi connectivity index (χ2v) is 3.63. The van der Waals surface area contributed by atoms with Gasteiger partial charge in [-0.15, -0.1) is 0 Å². The minimum atomic E-state index is 0.496. The smallest absolute Gasteiger partial charge is 0.107 e. The topological polar surface area (TPSA) is 90.5 Å². The van der Waals surface area contributed by atoms with E-state index in [1.54, 1.807) is 24.5 Å². The SMILES string of the molecule is N#Cc1ccc(NCCc2ncc[nH]2)cc1N. The average Bonchev–Trinajstić information content (AvgIpc) is 2.82. The molecule has 1 heterocycles. The molecule has 1 aromatic carbocycles. The maximum absolute atomic E-state index is 8.75. The zero-order valence-electron chi connectivity index (χ0n) is 9.27. The highest BCUT2D eigenvalue weighted by molar-refractivity contribution is 5.62. The van der Waals surface area contributed by atoms with Gasteiger partial charge in [-0.05, 0) is 18.2 Å². The maximum atomic E-state index is 8.75. The van der Waals surface area contributed by atoms with E-state index >= 15 is 0 Å². The van der Waals surface area contributed by atoms with E-state index in [4.69, 9.17) is 11.0 Å². The highest BCUT2D eigenvalue weighted by atomic mass is 14.9. The summed E-state index contributed by atoms with van der Waals surface area (Å²) in [5.74, 6) is 0.944. The van der Waals surface area contributed by atoms with E-state index in [0.29, 0.717) is 11.3 Å². The molecular weight excluding hydrogens is 214 g/mol. The van der Waals surface area contributed by atoms with Crippen LogP contribution in [0.4, 0.5) is 11.4 Å². The molecule has 0 spiro atoms. The number of nitriles is 1. The predicted octanol–water partition coefficient (Wildman–Crippen LogP) is 1.52. The van der Waals surface area contributed by atoms with Crippen molar-refractivity contribution < 1.29 is 0 Å². The molecule has 0 amide bonds. The number of rotatable bonds is 4. The quantitative estimate of drug-likeness (QED) is 0.691. The van der Waals surface area contributed by atoms with Crippen molar-refractivity contribution in [1.82, 2.24) is 9.97 Å². The van der Waals surface area contributed by atoms with Gasteiger partial charge in [-0.3, -0.25) is 0 Å². The van der Waals surface area contributed by atoms with Gasteiger partial charge in [0.05, 0.1) is 11.3 Å². The number of imidazole rings is 1. The van der Waals surface area contributed by atoms with E-state index in [9.17, 15) is 0 Å². The monoisotopic (exact) mass is 227 g/mol. The molecule has 2 aromatic rings.